The van der Waals surface area contributed by atoms with Crippen LogP contribution < -0.4 is 4.74 Å². The van der Waals surface area contributed by atoms with Crippen LogP contribution in [0.5, 0.6) is 5.75 Å². The average molecular weight is 533 g/mol. The van der Waals surface area contributed by atoms with Crippen LogP contribution in [0.3, 0.4) is 0 Å². The van der Waals surface area contributed by atoms with Crippen molar-refractivity contribution in [2.75, 3.05) is 13.2 Å². The molecule has 4 heteroatoms. The molecule has 0 amide bonds. The van der Waals surface area contributed by atoms with Crippen molar-refractivity contribution in [3.63, 3.8) is 0 Å². The Bertz CT molecular complexity index is 1140. The van der Waals surface area contributed by atoms with E-state index in [1.807, 2.05) is 6.92 Å². The summed E-state index contributed by atoms with van der Waals surface area (Å²) in [5.41, 5.74) is 5.00. The highest BCUT2D eigenvalue weighted by molar-refractivity contribution is 5.69. The lowest BCUT2D eigenvalue weighted by Gasteiger charge is -2.34. The first-order chi connectivity index (χ1) is 18.8. The van der Waals surface area contributed by atoms with Crippen LogP contribution in [0.4, 0.5) is 0 Å². The molecule has 2 aromatic rings. The van der Waals surface area contributed by atoms with Gasteiger partial charge in [0.1, 0.15) is 11.4 Å². The second-order valence-electron chi connectivity index (χ2n) is 11.1. The van der Waals surface area contributed by atoms with Gasteiger partial charge in [-0.3, -0.25) is 4.79 Å². The molecule has 1 saturated carbocycles. The molecule has 4 nitrogen and oxygen atoms in total. The standard InChI is InChI=1S/C35H48O4/c1-6-35(7-2,30-17-16-29(27(4)25-30)20-23-34(37)21-12-10-13-22-34)31-18-19-32(28(5)26-31)39-24-14-9-11-15-33(36)38-8-3/h16-19,25-26,37H,6-15,21-22,24H2,1-5H3. The Labute approximate surface area is 236 Å². The molecule has 0 radical (unpaired) electrons. The normalized spacial score (nSPS) is 14.8. The van der Waals surface area contributed by atoms with E-state index < -0.39 is 5.60 Å². The second kappa shape index (κ2) is 14.6. The summed E-state index contributed by atoms with van der Waals surface area (Å²) in [6.07, 6.45) is 10.0. The molecule has 1 fully saturated rings. The van der Waals surface area contributed by atoms with Crippen LogP contribution in [0.15, 0.2) is 36.4 Å². The van der Waals surface area contributed by atoms with Crippen molar-refractivity contribution in [1.82, 2.24) is 0 Å². The van der Waals surface area contributed by atoms with E-state index in [1.165, 1.54) is 17.5 Å². The molecule has 39 heavy (non-hydrogen) atoms. The Morgan fingerprint density at radius 2 is 1.59 bits per heavy atom. The molecule has 0 spiro atoms. The van der Waals surface area contributed by atoms with E-state index in [1.54, 1.807) is 0 Å². The van der Waals surface area contributed by atoms with E-state index in [0.29, 0.717) is 19.6 Å². The van der Waals surface area contributed by atoms with Crippen molar-refractivity contribution < 1.29 is 19.4 Å². The third-order valence-corrected chi connectivity index (χ3v) is 8.41. The smallest absolute Gasteiger partial charge is 0.305 e. The molecular formula is C35H48O4. The average Bonchev–Trinajstić information content (AvgIpc) is 2.92. The van der Waals surface area contributed by atoms with Crippen molar-refractivity contribution in [3.05, 3.63) is 64.2 Å². The minimum Gasteiger partial charge on any atom is -0.493 e. The number of aliphatic hydroxyl groups is 1. The fourth-order valence-electron chi connectivity index (χ4n) is 5.85. The van der Waals surface area contributed by atoms with Gasteiger partial charge in [-0.15, -0.1) is 0 Å². The van der Waals surface area contributed by atoms with Crippen LogP contribution in [-0.4, -0.2) is 29.9 Å². The van der Waals surface area contributed by atoms with E-state index >= 15 is 0 Å². The number of carbonyl (C=O) groups is 1. The largest absolute Gasteiger partial charge is 0.493 e. The van der Waals surface area contributed by atoms with Gasteiger partial charge in [-0.25, -0.2) is 0 Å². The predicted molar refractivity (Wildman–Crippen MR) is 159 cm³/mol. The van der Waals surface area contributed by atoms with Gasteiger partial charge in [-0.1, -0.05) is 56.4 Å². The number of esters is 1. The number of benzene rings is 2. The molecule has 0 saturated heterocycles. The summed E-state index contributed by atoms with van der Waals surface area (Å²) in [4.78, 5) is 11.5. The number of hydrogen-bond donors (Lipinski definition) is 1. The predicted octanol–water partition coefficient (Wildman–Crippen LogP) is 7.96. The molecule has 0 atom stereocenters. The van der Waals surface area contributed by atoms with Crippen LogP contribution in [0.25, 0.3) is 0 Å². The Morgan fingerprint density at radius 3 is 2.21 bits per heavy atom. The summed E-state index contributed by atoms with van der Waals surface area (Å²) in [7, 11) is 0. The van der Waals surface area contributed by atoms with Crippen LogP contribution in [0.1, 0.15) is 119 Å². The third kappa shape index (κ3) is 8.12. The maximum absolute atomic E-state index is 11.5. The van der Waals surface area contributed by atoms with E-state index in [0.717, 1.165) is 80.2 Å². The second-order valence-corrected chi connectivity index (χ2v) is 11.1. The van der Waals surface area contributed by atoms with E-state index in [9.17, 15) is 9.90 Å². The zero-order valence-corrected chi connectivity index (χ0v) is 24.8. The van der Waals surface area contributed by atoms with E-state index in [-0.39, 0.29) is 11.4 Å². The number of hydrogen-bond acceptors (Lipinski definition) is 4. The van der Waals surface area contributed by atoms with Gasteiger partial charge < -0.3 is 14.6 Å². The van der Waals surface area contributed by atoms with Crippen LogP contribution >= 0.6 is 0 Å². The zero-order valence-electron chi connectivity index (χ0n) is 24.8. The van der Waals surface area contributed by atoms with Crippen molar-refractivity contribution in [1.29, 1.82) is 0 Å². The first-order valence-electron chi connectivity index (χ1n) is 15.0. The van der Waals surface area contributed by atoms with E-state index in [4.69, 9.17) is 9.47 Å². The van der Waals surface area contributed by atoms with Gasteiger partial charge in [-0.05, 0) is 113 Å². The Hall–Kier alpha value is -2.77. The first kappa shape index (κ1) is 30.8. The maximum Gasteiger partial charge on any atom is 0.305 e. The molecule has 2 aromatic carbocycles. The Morgan fingerprint density at radius 1 is 0.923 bits per heavy atom. The monoisotopic (exact) mass is 532 g/mol. The fraction of sp³-hybridized carbons (Fsp3) is 0.571. The maximum atomic E-state index is 11.5. The van der Waals surface area contributed by atoms with Gasteiger partial charge in [-0.2, -0.15) is 0 Å². The summed E-state index contributed by atoms with van der Waals surface area (Å²) < 4.78 is 11.1. The number of unbranched alkanes of at least 4 members (excludes halogenated alkanes) is 2. The van der Waals surface area contributed by atoms with Crippen LogP contribution in [-0.2, 0) is 14.9 Å². The fourth-order valence-corrected chi connectivity index (χ4v) is 5.85. The van der Waals surface area contributed by atoms with Crippen LogP contribution in [0, 0.1) is 25.7 Å². The first-order valence-corrected chi connectivity index (χ1v) is 15.0. The number of aryl methyl sites for hydroxylation is 2. The summed E-state index contributed by atoms with van der Waals surface area (Å²) in [5, 5.41) is 10.8. The Balaban J connectivity index is 1.70. The molecular weight excluding hydrogens is 484 g/mol. The lowest BCUT2D eigenvalue weighted by atomic mass is 9.70. The van der Waals surface area contributed by atoms with Gasteiger partial charge in [0.05, 0.1) is 13.2 Å². The van der Waals surface area contributed by atoms with Gasteiger partial charge in [0.2, 0.25) is 0 Å². The molecule has 0 bridgehead atoms. The molecule has 0 aliphatic heterocycles. The van der Waals surface area contributed by atoms with Gasteiger partial charge in [0.25, 0.3) is 0 Å². The van der Waals surface area contributed by atoms with Crippen molar-refractivity contribution in [3.8, 4) is 17.6 Å². The summed E-state index contributed by atoms with van der Waals surface area (Å²) in [5.74, 6) is 7.30. The molecule has 0 unspecified atom stereocenters. The van der Waals surface area contributed by atoms with Crippen LogP contribution in [0.2, 0.25) is 0 Å². The molecule has 1 N–H and O–H groups in total. The highest BCUT2D eigenvalue weighted by atomic mass is 16.5. The van der Waals surface area contributed by atoms with Crippen molar-refractivity contribution >= 4 is 5.97 Å². The quantitative estimate of drug-likeness (QED) is 0.171. The zero-order chi connectivity index (χ0) is 28.3. The molecule has 1 aliphatic rings. The number of ether oxygens (including phenoxy) is 2. The number of carbonyl (C=O) groups excluding carboxylic acids is 1. The summed E-state index contributed by atoms with van der Waals surface area (Å²) in [6, 6.07) is 13.3. The molecule has 1 aliphatic carbocycles. The molecule has 3 rings (SSSR count). The van der Waals surface area contributed by atoms with Gasteiger partial charge in [0.15, 0.2) is 0 Å². The topological polar surface area (TPSA) is 55.8 Å². The van der Waals surface area contributed by atoms with Gasteiger partial charge >= 0.3 is 5.97 Å². The highest BCUT2D eigenvalue weighted by Crippen LogP contribution is 2.41. The minimum atomic E-state index is -0.829. The SMILES string of the molecule is CCOC(=O)CCCCCOc1ccc(C(CC)(CC)c2ccc(C#CC3(O)CCCCC3)c(C)c2)cc1C. The van der Waals surface area contributed by atoms with Gasteiger partial charge in [0, 0.05) is 17.4 Å². The Kier molecular flexibility index (Phi) is 11.5. The van der Waals surface area contributed by atoms with Crippen molar-refractivity contribution in [2.24, 2.45) is 0 Å². The summed E-state index contributed by atoms with van der Waals surface area (Å²) >= 11 is 0. The molecule has 0 heterocycles. The number of rotatable bonds is 12. The summed E-state index contributed by atoms with van der Waals surface area (Å²) in [6.45, 7) is 11.7. The molecule has 212 valence electrons. The highest BCUT2D eigenvalue weighted by Gasteiger charge is 2.31. The van der Waals surface area contributed by atoms with Crippen molar-refractivity contribution in [2.45, 2.75) is 116 Å². The third-order valence-electron chi connectivity index (χ3n) is 8.41. The molecule has 0 aromatic heterocycles. The lowest BCUT2D eigenvalue weighted by molar-refractivity contribution is -0.143. The minimum absolute atomic E-state index is 0.0886. The van der Waals surface area contributed by atoms with E-state index in [2.05, 4.69) is 75.9 Å². The lowest BCUT2D eigenvalue weighted by Crippen LogP contribution is -2.29.